The highest BCUT2D eigenvalue weighted by Crippen LogP contribution is 2.28. The van der Waals surface area contributed by atoms with Gasteiger partial charge in [0.1, 0.15) is 17.4 Å². The molecule has 2 aromatic rings. The molecule has 3 nitrogen and oxygen atoms in total. The van der Waals surface area contributed by atoms with Crippen LogP contribution in [0, 0.1) is 11.6 Å². The lowest BCUT2D eigenvalue weighted by Crippen LogP contribution is -2.33. The average Bonchev–Trinajstić information content (AvgIpc) is 2.89. The standard InChI is InChI=1S/C16H13F2NO2/c17-12-1-4-14(5-2-12)21-10-16(20)19-8-7-11-9-13(18)3-6-15(11)19/h1-6,9H,7-8,10H2. The molecular formula is C16H13F2NO2. The molecule has 1 heterocycles. The first kappa shape index (κ1) is 13.5. The highest BCUT2D eigenvalue weighted by Gasteiger charge is 2.25. The van der Waals surface area contributed by atoms with E-state index in [2.05, 4.69) is 0 Å². The Balaban J connectivity index is 1.66. The number of hydrogen-bond acceptors (Lipinski definition) is 2. The van der Waals surface area contributed by atoms with Gasteiger partial charge in [0, 0.05) is 12.2 Å². The van der Waals surface area contributed by atoms with Crippen LogP contribution in [0.2, 0.25) is 0 Å². The summed E-state index contributed by atoms with van der Waals surface area (Å²) >= 11 is 0. The number of carbonyl (C=O) groups excluding carboxylic acids is 1. The molecular weight excluding hydrogens is 276 g/mol. The van der Waals surface area contributed by atoms with Crippen molar-refractivity contribution >= 4 is 11.6 Å². The predicted molar refractivity (Wildman–Crippen MR) is 74.4 cm³/mol. The van der Waals surface area contributed by atoms with Crippen LogP contribution in [0.4, 0.5) is 14.5 Å². The fraction of sp³-hybridized carbons (Fsp3) is 0.188. The molecule has 0 fully saturated rings. The van der Waals surface area contributed by atoms with Gasteiger partial charge in [0.05, 0.1) is 0 Å². The van der Waals surface area contributed by atoms with Crippen LogP contribution in [0.25, 0.3) is 0 Å². The van der Waals surface area contributed by atoms with Gasteiger partial charge in [-0.15, -0.1) is 0 Å². The number of hydrogen-bond donors (Lipinski definition) is 0. The Hall–Kier alpha value is -2.43. The van der Waals surface area contributed by atoms with Crippen molar-refractivity contribution in [1.29, 1.82) is 0 Å². The van der Waals surface area contributed by atoms with E-state index in [4.69, 9.17) is 4.74 Å². The molecule has 0 radical (unpaired) electrons. The van der Waals surface area contributed by atoms with Crippen LogP contribution >= 0.6 is 0 Å². The van der Waals surface area contributed by atoms with Crippen molar-refractivity contribution in [2.24, 2.45) is 0 Å². The van der Waals surface area contributed by atoms with E-state index < -0.39 is 0 Å². The molecule has 0 saturated heterocycles. The Morgan fingerprint density at radius 3 is 2.57 bits per heavy atom. The van der Waals surface area contributed by atoms with E-state index in [0.29, 0.717) is 18.7 Å². The molecule has 1 aliphatic heterocycles. The zero-order valence-electron chi connectivity index (χ0n) is 11.2. The number of halogens is 2. The van der Waals surface area contributed by atoms with Crippen molar-refractivity contribution in [3.63, 3.8) is 0 Å². The van der Waals surface area contributed by atoms with Crippen LogP contribution in [-0.2, 0) is 11.2 Å². The summed E-state index contributed by atoms with van der Waals surface area (Å²) in [5.41, 5.74) is 1.55. The van der Waals surface area contributed by atoms with Crippen LogP contribution in [-0.4, -0.2) is 19.1 Å². The summed E-state index contributed by atoms with van der Waals surface area (Å²) in [7, 11) is 0. The second kappa shape index (κ2) is 5.52. The molecule has 21 heavy (non-hydrogen) atoms. The van der Waals surface area contributed by atoms with Crippen molar-refractivity contribution < 1.29 is 18.3 Å². The second-order valence-corrected chi connectivity index (χ2v) is 4.81. The molecule has 2 aromatic carbocycles. The van der Waals surface area contributed by atoms with Gasteiger partial charge < -0.3 is 9.64 Å². The molecule has 0 atom stereocenters. The van der Waals surface area contributed by atoms with Crippen LogP contribution in [0.3, 0.4) is 0 Å². The van der Waals surface area contributed by atoms with Crippen molar-refractivity contribution in [2.75, 3.05) is 18.1 Å². The summed E-state index contributed by atoms with van der Waals surface area (Å²) in [6, 6.07) is 9.87. The molecule has 5 heteroatoms. The van der Waals surface area contributed by atoms with Crippen LogP contribution in [0.15, 0.2) is 42.5 Å². The minimum absolute atomic E-state index is 0.136. The smallest absolute Gasteiger partial charge is 0.264 e. The first-order chi connectivity index (χ1) is 10.1. The molecule has 0 aliphatic carbocycles. The third-order valence-corrected chi connectivity index (χ3v) is 3.41. The van der Waals surface area contributed by atoms with E-state index in [-0.39, 0.29) is 24.1 Å². The van der Waals surface area contributed by atoms with Crippen molar-refractivity contribution in [3.8, 4) is 5.75 Å². The largest absolute Gasteiger partial charge is 0.484 e. The zero-order valence-corrected chi connectivity index (χ0v) is 11.2. The van der Waals surface area contributed by atoms with Gasteiger partial charge in [0.2, 0.25) is 0 Å². The number of nitrogens with zero attached hydrogens (tertiary/aromatic N) is 1. The maximum atomic E-state index is 13.1. The number of rotatable bonds is 3. The summed E-state index contributed by atoms with van der Waals surface area (Å²) in [6.45, 7) is 0.382. The Morgan fingerprint density at radius 1 is 1.10 bits per heavy atom. The fourth-order valence-electron chi connectivity index (χ4n) is 2.38. The Bertz CT molecular complexity index is 670. The van der Waals surface area contributed by atoms with Gasteiger partial charge in [-0.25, -0.2) is 8.78 Å². The number of benzene rings is 2. The summed E-state index contributed by atoms with van der Waals surface area (Å²) in [5, 5.41) is 0. The van der Waals surface area contributed by atoms with E-state index in [9.17, 15) is 13.6 Å². The predicted octanol–water partition coefficient (Wildman–Crippen LogP) is 2.93. The molecule has 0 bridgehead atoms. The average molecular weight is 289 g/mol. The Morgan fingerprint density at radius 2 is 1.81 bits per heavy atom. The first-order valence-corrected chi connectivity index (χ1v) is 6.60. The number of ether oxygens (including phenoxy) is 1. The monoisotopic (exact) mass is 289 g/mol. The van der Waals surface area contributed by atoms with E-state index in [1.807, 2.05) is 0 Å². The number of amides is 1. The topological polar surface area (TPSA) is 29.5 Å². The van der Waals surface area contributed by atoms with Crippen LogP contribution in [0.5, 0.6) is 5.75 Å². The third kappa shape index (κ3) is 2.86. The maximum absolute atomic E-state index is 13.1. The molecule has 108 valence electrons. The number of carbonyl (C=O) groups is 1. The van der Waals surface area contributed by atoms with E-state index >= 15 is 0 Å². The quantitative estimate of drug-likeness (QED) is 0.869. The third-order valence-electron chi connectivity index (χ3n) is 3.41. The molecule has 0 unspecified atom stereocenters. The fourth-order valence-corrected chi connectivity index (χ4v) is 2.38. The van der Waals surface area contributed by atoms with Crippen molar-refractivity contribution in [1.82, 2.24) is 0 Å². The number of anilines is 1. The highest BCUT2D eigenvalue weighted by atomic mass is 19.1. The second-order valence-electron chi connectivity index (χ2n) is 4.81. The Labute approximate surface area is 120 Å². The van der Waals surface area contributed by atoms with Gasteiger partial charge in [-0.2, -0.15) is 0 Å². The van der Waals surface area contributed by atoms with Crippen molar-refractivity contribution in [2.45, 2.75) is 6.42 Å². The molecule has 0 saturated carbocycles. The lowest BCUT2D eigenvalue weighted by atomic mass is 10.2. The summed E-state index contributed by atoms with van der Waals surface area (Å²) in [6.07, 6.45) is 0.634. The summed E-state index contributed by atoms with van der Waals surface area (Å²) < 4.78 is 31.2. The molecule has 0 aromatic heterocycles. The van der Waals surface area contributed by atoms with Crippen molar-refractivity contribution in [3.05, 3.63) is 59.7 Å². The maximum Gasteiger partial charge on any atom is 0.264 e. The van der Waals surface area contributed by atoms with Gasteiger partial charge in [0.25, 0.3) is 5.91 Å². The van der Waals surface area contributed by atoms with Gasteiger partial charge in [0.15, 0.2) is 6.61 Å². The van der Waals surface area contributed by atoms with Gasteiger partial charge in [-0.1, -0.05) is 0 Å². The number of fused-ring (bicyclic) bond motifs is 1. The summed E-state index contributed by atoms with van der Waals surface area (Å²) in [5.74, 6) is -0.428. The van der Waals surface area contributed by atoms with Crippen LogP contribution in [0.1, 0.15) is 5.56 Å². The highest BCUT2D eigenvalue weighted by molar-refractivity contribution is 5.96. The van der Waals surface area contributed by atoms with Gasteiger partial charge in [-0.3, -0.25) is 4.79 Å². The Kier molecular flexibility index (Phi) is 3.56. The lowest BCUT2D eigenvalue weighted by molar-refractivity contribution is -0.120. The van der Waals surface area contributed by atoms with Gasteiger partial charge in [-0.05, 0) is 54.4 Å². The molecule has 0 spiro atoms. The molecule has 3 rings (SSSR count). The molecule has 1 amide bonds. The minimum Gasteiger partial charge on any atom is -0.484 e. The molecule has 0 N–H and O–H groups in total. The van der Waals surface area contributed by atoms with E-state index in [1.54, 1.807) is 11.0 Å². The zero-order chi connectivity index (χ0) is 14.8. The SMILES string of the molecule is O=C(COc1ccc(F)cc1)N1CCc2cc(F)ccc21. The minimum atomic E-state index is -0.357. The van der Waals surface area contributed by atoms with E-state index in [0.717, 1.165) is 11.3 Å². The normalized spacial score (nSPS) is 13.1. The first-order valence-electron chi connectivity index (χ1n) is 6.60. The summed E-state index contributed by atoms with van der Waals surface area (Å²) in [4.78, 5) is 13.7. The van der Waals surface area contributed by atoms with E-state index in [1.165, 1.54) is 36.4 Å². The van der Waals surface area contributed by atoms with Gasteiger partial charge >= 0.3 is 0 Å². The molecule has 1 aliphatic rings. The lowest BCUT2D eigenvalue weighted by Gasteiger charge is -2.17. The van der Waals surface area contributed by atoms with Crippen LogP contribution < -0.4 is 9.64 Å².